The Labute approximate surface area is 250 Å². The number of aromatic hydroxyl groups is 1. The Balaban J connectivity index is 1.13. The van der Waals surface area contributed by atoms with Crippen LogP contribution in [0, 0.1) is 0 Å². The molecular formula is C36H35F3O2S. The molecule has 0 saturated carbocycles. The van der Waals surface area contributed by atoms with E-state index in [0.717, 1.165) is 79.0 Å². The van der Waals surface area contributed by atoms with Gasteiger partial charge in [0.15, 0.2) is 0 Å². The second kappa shape index (κ2) is 14.0. The van der Waals surface area contributed by atoms with Crippen LogP contribution in [-0.4, -0.2) is 17.5 Å². The Morgan fingerprint density at radius 2 is 1.52 bits per heavy atom. The fourth-order valence-electron chi connectivity index (χ4n) is 5.40. The average molecular weight is 589 g/mol. The first-order valence-electron chi connectivity index (χ1n) is 14.5. The largest absolute Gasteiger partial charge is 0.508 e. The zero-order chi connectivity index (χ0) is 29.4. The Morgan fingerprint density at radius 1 is 0.762 bits per heavy atom. The van der Waals surface area contributed by atoms with Crippen LogP contribution in [0.15, 0.2) is 97.1 Å². The highest BCUT2D eigenvalue weighted by Gasteiger charge is 2.29. The van der Waals surface area contributed by atoms with Gasteiger partial charge in [0, 0.05) is 5.75 Å². The molecule has 1 aliphatic rings. The highest BCUT2D eigenvalue weighted by Crippen LogP contribution is 2.41. The minimum atomic E-state index is -4.29. The number of allylic oxidation sites excluding steroid dienone is 1. The van der Waals surface area contributed by atoms with Gasteiger partial charge in [-0.05, 0) is 120 Å². The summed E-state index contributed by atoms with van der Waals surface area (Å²) in [6.07, 6.45) is 1.66. The first kappa shape index (κ1) is 29.8. The number of phenolic OH excluding ortho intramolecular Hbond substituents is 1. The van der Waals surface area contributed by atoms with Crippen LogP contribution in [-0.2, 0) is 18.3 Å². The number of phenols is 1. The van der Waals surface area contributed by atoms with E-state index in [0.29, 0.717) is 12.4 Å². The Bertz CT molecular complexity index is 1480. The van der Waals surface area contributed by atoms with Crippen molar-refractivity contribution >= 4 is 22.9 Å². The van der Waals surface area contributed by atoms with Crippen molar-refractivity contribution in [1.29, 1.82) is 0 Å². The number of hydrogen-bond donors (Lipinski definition) is 1. The first-order chi connectivity index (χ1) is 20.4. The van der Waals surface area contributed by atoms with E-state index in [9.17, 15) is 18.3 Å². The van der Waals surface area contributed by atoms with Crippen LogP contribution < -0.4 is 4.74 Å². The normalized spacial score (nSPS) is 13.5. The molecule has 42 heavy (non-hydrogen) atoms. The SMILES string of the molecule is Oc1ccc2c(c1)CCCC(c1ccccc1)=C2c1ccc(OCCCCCSCc2ccc(C(F)(F)F)cc2)cc1. The Hall–Kier alpha value is -3.64. The minimum Gasteiger partial charge on any atom is -0.508 e. The third kappa shape index (κ3) is 7.80. The second-order valence-corrected chi connectivity index (χ2v) is 11.7. The monoisotopic (exact) mass is 588 g/mol. The van der Waals surface area contributed by atoms with Crippen molar-refractivity contribution in [3.63, 3.8) is 0 Å². The van der Waals surface area contributed by atoms with Crippen LogP contribution in [0.4, 0.5) is 13.2 Å². The van der Waals surface area contributed by atoms with Gasteiger partial charge in [0.05, 0.1) is 12.2 Å². The molecule has 0 heterocycles. The van der Waals surface area contributed by atoms with Crippen molar-refractivity contribution < 1.29 is 23.0 Å². The topological polar surface area (TPSA) is 29.5 Å². The number of thioether (sulfide) groups is 1. The lowest BCUT2D eigenvalue weighted by molar-refractivity contribution is -0.137. The van der Waals surface area contributed by atoms with Crippen molar-refractivity contribution in [1.82, 2.24) is 0 Å². The molecule has 6 heteroatoms. The van der Waals surface area contributed by atoms with Gasteiger partial charge in [-0.2, -0.15) is 24.9 Å². The predicted octanol–water partition coefficient (Wildman–Crippen LogP) is 10.2. The highest BCUT2D eigenvalue weighted by molar-refractivity contribution is 7.98. The van der Waals surface area contributed by atoms with Crippen molar-refractivity contribution in [3.05, 3.63) is 130 Å². The summed E-state index contributed by atoms with van der Waals surface area (Å²) < 4.78 is 44.1. The van der Waals surface area contributed by atoms with E-state index < -0.39 is 11.7 Å². The van der Waals surface area contributed by atoms with Crippen LogP contribution in [0.3, 0.4) is 0 Å². The molecule has 0 aromatic heterocycles. The quantitative estimate of drug-likeness (QED) is 0.177. The number of halogens is 3. The van der Waals surface area contributed by atoms with Gasteiger partial charge in [-0.1, -0.05) is 60.7 Å². The smallest absolute Gasteiger partial charge is 0.416 e. The maximum atomic E-state index is 12.7. The van der Waals surface area contributed by atoms with E-state index in [2.05, 4.69) is 36.4 Å². The Kier molecular flexibility index (Phi) is 9.96. The summed E-state index contributed by atoms with van der Waals surface area (Å²) in [5, 5.41) is 10.1. The molecule has 1 N–H and O–H groups in total. The molecule has 0 fully saturated rings. The molecule has 0 amide bonds. The van der Waals surface area contributed by atoms with Crippen molar-refractivity contribution in [3.8, 4) is 11.5 Å². The molecule has 5 rings (SSSR count). The number of hydrogen-bond acceptors (Lipinski definition) is 3. The zero-order valence-corrected chi connectivity index (χ0v) is 24.3. The van der Waals surface area contributed by atoms with Gasteiger partial charge in [0.1, 0.15) is 11.5 Å². The molecule has 4 aromatic rings. The maximum Gasteiger partial charge on any atom is 0.416 e. The number of rotatable bonds is 11. The van der Waals surface area contributed by atoms with Gasteiger partial charge in [-0.15, -0.1) is 0 Å². The summed E-state index contributed by atoms with van der Waals surface area (Å²) in [5.74, 6) is 2.83. The molecule has 2 nitrogen and oxygen atoms in total. The zero-order valence-electron chi connectivity index (χ0n) is 23.5. The lowest BCUT2D eigenvalue weighted by atomic mass is 9.88. The molecule has 0 atom stereocenters. The van der Waals surface area contributed by atoms with E-state index in [-0.39, 0.29) is 0 Å². The molecule has 0 bridgehead atoms. The van der Waals surface area contributed by atoms with Crippen LogP contribution in [0.2, 0.25) is 0 Å². The molecular weight excluding hydrogens is 553 g/mol. The van der Waals surface area contributed by atoms with Crippen LogP contribution >= 0.6 is 11.8 Å². The summed E-state index contributed by atoms with van der Waals surface area (Å²) in [6.45, 7) is 0.642. The van der Waals surface area contributed by atoms with Gasteiger partial charge in [-0.25, -0.2) is 0 Å². The summed E-state index contributed by atoms with van der Waals surface area (Å²) in [6, 6.07) is 30.0. The first-order valence-corrected chi connectivity index (χ1v) is 15.6. The second-order valence-electron chi connectivity index (χ2n) is 10.6. The van der Waals surface area contributed by atoms with Crippen molar-refractivity contribution in [2.45, 2.75) is 50.5 Å². The third-order valence-corrected chi connectivity index (χ3v) is 8.66. The van der Waals surface area contributed by atoms with Crippen LogP contribution in [0.25, 0.3) is 11.1 Å². The molecule has 0 spiro atoms. The molecule has 0 aliphatic heterocycles. The summed E-state index contributed by atoms with van der Waals surface area (Å²) in [5.41, 5.74) is 7.57. The van der Waals surface area contributed by atoms with Gasteiger partial charge in [0.2, 0.25) is 0 Å². The third-order valence-electron chi connectivity index (χ3n) is 7.55. The predicted molar refractivity (Wildman–Crippen MR) is 167 cm³/mol. The molecule has 0 radical (unpaired) electrons. The van der Waals surface area contributed by atoms with E-state index in [1.165, 1.54) is 27.8 Å². The van der Waals surface area contributed by atoms with Crippen LogP contribution in [0.1, 0.15) is 65.5 Å². The van der Waals surface area contributed by atoms with Gasteiger partial charge in [0.25, 0.3) is 0 Å². The fraction of sp³-hybridized carbons (Fsp3) is 0.278. The lowest BCUT2D eigenvalue weighted by Crippen LogP contribution is -2.04. The Morgan fingerprint density at radius 3 is 2.26 bits per heavy atom. The van der Waals surface area contributed by atoms with Crippen molar-refractivity contribution in [2.75, 3.05) is 12.4 Å². The van der Waals surface area contributed by atoms with Crippen LogP contribution in [0.5, 0.6) is 11.5 Å². The number of ether oxygens (including phenoxy) is 1. The van der Waals surface area contributed by atoms with E-state index in [1.54, 1.807) is 30.0 Å². The number of benzene rings is 4. The van der Waals surface area contributed by atoms with Gasteiger partial charge in [-0.3, -0.25) is 0 Å². The molecule has 218 valence electrons. The number of unbranched alkanes of at least 4 members (excludes halogenated alkanes) is 2. The minimum absolute atomic E-state index is 0.303. The molecule has 0 unspecified atom stereocenters. The summed E-state index contributed by atoms with van der Waals surface area (Å²) in [7, 11) is 0. The molecule has 1 aliphatic carbocycles. The van der Waals surface area contributed by atoms with E-state index in [4.69, 9.17) is 4.74 Å². The standard InChI is InChI=1S/C36H35F3O2S/c37-36(38,39)30-16-12-26(13-17-30)25-42-23-6-2-5-22-41-32-19-14-28(15-20-32)35-33(27-8-3-1-4-9-27)11-7-10-29-24-31(40)18-21-34(29)35/h1,3-4,8-9,12-21,24,40H,2,5-7,10-11,22-23,25H2. The fourth-order valence-corrected chi connectivity index (χ4v) is 6.38. The maximum absolute atomic E-state index is 12.7. The summed E-state index contributed by atoms with van der Waals surface area (Å²) >= 11 is 1.74. The van der Waals surface area contributed by atoms with E-state index >= 15 is 0 Å². The molecule has 4 aromatic carbocycles. The van der Waals surface area contributed by atoms with Crippen molar-refractivity contribution in [2.24, 2.45) is 0 Å². The summed E-state index contributed by atoms with van der Waals surface area (Å²) in [4.78, 5) is 0. The molecule has 0 saturated heterocycles. The number of fused-ring (bicyclic) bond motifs is 1. The van der Waals surface area contributed by atoms with Gasteiger partial charge < -0.3 is 9.84 Å². The lowest BCUT2D eigenvalue weighted by Gasteiger charge is -2.17. The van der Waals surface area contributed by atoms with E-state index in [1.807, 2.05) is 30.3 Å². The highest BCUT2D eigenvalue weighted by atomic mass is 32.2. The number of alkyl halides is 3. The van der Waals surface area contributed by atoms with Gasteiger partial charge >= 0.3 is 6.18 Å². The average Bonchev–Trinajstić information content (AvgIpc) is 3.18. The number of aryl methyl sites for hydroxylation is 1.